The lowest BCUT2D eigenvalue weighted by Gasteiger charge is -2.06. The van der Waals surface area contributed by atoms with Crippen molar-refractivity contribution < 1.29 is 4.39 Å². The van der Waals surface area contributed by atoms with Gasteiger partial charge in [-0.1, -0.05) is 25.6 Å². The van der Waals surface area contributed by atoms with E-state index in [9.17, 15) is 4.39 Å². The Labute approximate surface area is 152 Å². The first-order valence-electron chi connectivity index (χ1n) is 8.40. The van der Waals surface area contributed by atoms with Gasteiger partial charge >= 0.3 is 0 Å². The number of hydrogen-bond donors (Lipinski definition) is 1. The standard InChI is InChI=1S/C20H19FN4.CH4/c1-14-3-8-18-19(13-14)25-12-9-17(23-20(25)24-18)15-4-6-16(7-5-15)22-11-2-10-21;/h3-9,12-13,22H,2,10-11H2,1H3;1H4. The minimum atomic E-state index is -0.298. The Bertz CT molecular complexity index is 1020. The van der Waals surface area contributed by atoms with E-state index in [1.54, 1.807) is 0 Å². The number of nitrogens with one attached hydrogen (secondary N) is 1. The van der Waals surface area contributed by atoms with E-state index >= 15 is 0 Å². The molecular weight excluding hydrogens is 327 g/mol. The van der Waals surface area contributed by atoms with E-state index < -0.39 is 0 Å². The molecule has 2 aromatic heterocycles. The van der Waals surface area contributed by atoms with E-state index in [2.05, 4.69) is 29.4 Å². The lowest BCUT2D eigenvalue weighted by atomic mass is 10.1. The third kappa shape index (κ3) is 3.38. The van der Waals surface area contributed by atoms with E-state index in [0.717, 1.165) is 28.0 Å². The van der Waals surface area contributed by atoms with Crippen molar-refractivity contribution >= 4 is 22.5 Å². The molecule has 2 aromatic carbocycles. The van der Waals surface area contributed by atoms with Gasteiger partial charge in [0.15, 0.2) is 0 Å². The molecule has 4 rings (SSSR count). The molecule has 0 aliphatic heterocycles. The van der Waals surface area contributed by atoms with Gasteiger partial charge in [0, 0.05) is 24.0 Å². The summed E-state index contributed by atoms with van der Waals surface area (Å²) >= 11 is 0. The van der Waals surface area contributed by atoms with Crippen LogP contribution >= 0.6 is 0 Å². The largest absolute Gasteiger partial charge is 0.385 e. The number of fused-ring (bicyclic) bond motifs is 3. The molecule has 5 heteroatoms. The molecule has 0 aliphatic rings. The Morgan fingerprint density at radius 3 is 2.62 bits per heavy atom. The van der Waals surface area contributed by atoms with Crippen molar-refractivity contribution in [3.63, 3.8) is 0 Å². The van der Waals surface area contributed by atoms with Gasteiger partial charge in [0.05, 0.1) is 23.4 Å². The first-order valence-corrected chi connectivity index (χ1v) is 8.40. The smallest absolute Gasteiger partial charge is 0.235 e. The van der Waals surface area contributed by atoms with Crippen molar-refractivity contribution in [2.75, 3.05) is 18.5 Å². The molecule has 4 aromatic rings. The van der Waals surface area contributed by atoms with Crippen LogP contribution in [0.5, 0.6) is 0 Å². The summed E-state index contributed by atoms with van der Waals surface area (Å²) in [5, 5.41) is 3.20. The Morgan fingerprint density at radius 1 is 1.04 bits per heavy atom. The number of rotatable bonds is 5. The van der Waals surface area contributed by atoms with Crippen LogP contribution in [0.1, 0.15) is 19.4 Å². The molecule has 0 radical (unpaired) electrons. The van der Waals surface area contributed by atoms with E-state index in [-0.39, 0.29) is 14.1 Å². The van der Waals surface area contributed by atoms with Gasteiger partial charge in [-0.25, -0.2) is 9.97 Å². The quantitative estimate of drug-likeness (QED) is 0.499. The number of hydrogen-bond acceptors (Lipinski definition) is 3. The van der Waals surface area contributed by atoms with Gasteiger partial charge in [0.2, 0.25) is 5.78 Å². The maximum absolute atomic E-state index is 12.2. The van der Waals surface area contributed by atoms with Gasteiger partial charge in [-0.15, -0.1) is 0 Å². The molecule has 1 N–H and O–H groups in total. The average molecular weight is 350 g/mol. The van der Waals surface area contributed by atoms with E-state index in [0.29, 0.717) is 18.7 Å². The number of alkyl halides is 1. The van der Waals surface area contributed by atoms with E-state index in [1.807, 2.05) is 47.0 Å². The number of anilines is 1. The van der Waals surface area contributed by atoms with Crippen LogP contribution in [0.3, 0.4) is 0 Å². The highest BCUT2D eigenvalue weighted by molar-refractivity contribution is 5.80. The van der Waals surface area contributed by atoms with Crippen LogP contribution < -0.4 is 5.32 Å². The fourth-order valence-electron chi connectivity index (χ4n) is 2.93. The number of nitrogens with zero attached hydrogens (tertiary/aromatic N) is 3. The molecule has 0 spiro atoms. The summed E-state index contributed by atoms with van der Waals surface area (Å²) in [4.78, 5) is 9.31. The van der Waals surface area contributed by atoms with Crippen LogP contribution in [0, 0.1) is 6.92 Å². The van der Waals surface area contributed by atoms with E-state index in [1.165, 1.54) is 5.56 Å². The highest BCUT2D eigenvalue weighted by Gasteiger charge is 2.08. The maximum Gasteiger partial charge on any atom is 0.235 e. The van der Waals surface area contributed by atoms with Gasteiger partial charge in [-0.3, -0.25) is 8.79 Å². The number of aromatic nitrogens is 3. The Hall–Kier alpha value is -2.95. The van der Waals surface area contributed by atoms with Crippen LogP contribution in [0.15, 0.2) is 54.7 Å². The first kappa shape index (κ1) is 17.9. The Kier molecular flexibility index (Phi) is 5.16. The predicted molar refractivity (Wildman–Crippen MR) is 106 cm³/mol. The molecule has 0 aliphatic carbocycles. The van der Waals surface area contributed by atoms with Crippen LogP contribution in [0.25, 0.3) is 28.1 Å². The number of imidazole rings is 1. The third-order valence-corrected chi connectivity index (χ3v) is 4.25. The molecule has 0 unspecified atom stereocenters. The number of aryl methyl sites for hydroxylation is 1. The molecule has 0 bridgehead atoms. The second-order valence-electron chi connectivity index (χ2n) is 6.13. The van der Waals surface area contributed by atoms with Crippen LogP contribution in [0.2, 0.25) is 0 Å². The highest BCUT2D eigenvalue weighted by Crippen LogP contribution is 2.22. The van der Waals surface area contributed by atoms with Gasteiger partial charge in [-0.05, 0) is 49.2 Å². The maximum atomic E-state index is 12.2. The van der Waals surface area contributed by atoms with Crippen molar-refractivity contribution in [2.24, 2.45) is 0 Å². The SMILES string of the molecule is C.Cc1ccc2nc3nc(-c4ccc(NCCCF)cc4)ccn3c2c1. The van der Waals surface area contributed by atoms with Crippen LogP contribution in [0.4, 0.5) is 10.1 Å². The van der Waals surface area contributed by atoms with Crippen molar-refractivity contribution in [1.82, 2.24) is 14.4 Å². The summed E-state index contributed by atoms with van der Waals surface area (Å²) in [5.74, 6) is 0.697. The Morgan fingerprint density at radius 2 is 1.85 bits per heavy atom. The summed E-state index contributed by atoms with van der Waals surface area (Å²) in [6.07, 6.45) is 2.53. The fourth-order valence-corrected chi connectivity index (χ4v) is 2.93. The van der Waals surface area contributed by atoms with E-state index in [4.69, 9.17) is 4.98 Å². The summed E-state index contributed by atoms with van der Waals surface area (Å²) in [5.41, 5.74) is 6.12. The van der Waals surface area contributed by atoms with Crippen molar-refractivity contribution in [3.05, 3.63) is 60.3 Å². The highest BCUT2D eigenvalue weighted by atomic mass is 19.1. The van der Waals surface area contributed by atoms with Gasteiger partial charge in [-0.2, -0.15) is 0 Å². The topological polar surface area (TPSA) is 42.2 Å². The molecule has 0 atom stereocenters. The lowest BCUT2D eigenvalue weighted by Crippen LogP contribution is -2.01. The predicted octanol–water partition coefficient (Wildman–Crippen LogP) is 5.27. The van der Waals surface area contributed by atoms with Crippen molar-refractivity contribution in [1.29, 1.82) is 0 Å². The minimum absolute atomic E-state index is 0. The van der Waals surface area contributed by atoms with Crippen LogP contribution in [-0.4, -0.2) is 27.6 Å². The number of benzene rings is 2. The first-order chi connectivity index (χ1) is 12.2. The summed E-state index contributed by atoms with van der Waals surface area (Å²) < 4.78 is 14.2. The lowest BCUT2D eigenvalue weighted by molar-refractivity contribution is 0.481. The molecule has 0 amide bonds. The van der Waals surface area contributed by atoms with Crippen molar-refractivity contribution in [2.45, 2.75) is 20.8 Å². The second kappa shape index (κ2) is 7.52. The monoisotopic (exact) mass is 350 g/mol. The zero-order valence-electron chi connectivity index (χ0n) is 14.0. The zero-order valence-corrected chi connectivity index (χ0v) is 14.0. The molecule has 4 nitrogen and oxygen atoms in total. The summed E-state index contributed by atoms with van der Waals surface area (Å²) in [7, 11) is 0. The van der Waals surface area contributed by atoms with Gasteiger partial charge < -0.3 is 5.32 Å². The molecule has 0 saturated heterocycles. The molecule has 0 fully saturated rings. The molecule has 2 heterocycles. The molecule has 0 saturated carbocycles. The molecule has 26 heavy (non-hydrogen) atoms. The zero-order chi connectivity index (χ0) is 17.2. The average Bonchev–Trinajstić information content (AvgIpc) is 2.99. The minimum Gasteiger partial charge on any atom is -0.385 e. The molecular formula is C21H23FN4. The fraction of sp³-hybridized carbons (Fsp3) is 0.238. The third-order valence-electron chi connectivity index (χ3n) is 4.25. The second-order valence-corrected chi connectivity index (χ2v) is 6.13. The van der Waals surface area contributed by atoms with Gasteiger partial charge in [0.1, 0.15) is 0 Å². The van der Waals surface area contributed by atoms with Crippen molar-refractivity contribution in [3.8, 4) is 11.3 Å². The normalized spacial score (nSPS) is 10.8. The van der Waals surface area contributed by atoms with Crippen LogP contribution in [-0.2, 0) is 0 Å². The Balaban J connectivity index is 0.00000196. The molecule has 134 valence electrons. The summed E-state index contributed by atoms with van der Waals surface area (Å²) in [6.45, 7) is 2.41. The van der Waals surface area contributed by atoms with Gasteiger partial charge in [0.25, 0.3) is 0 Å². The number of halogens is 1. The summed E-state index contributed by atoms with van der Waals surface area (Å²) in [6, 6.07) is 16.2.